The van der Waals surface area contributed by atoms with Gasteiger partial charge in [-0.2, -0.15) is 0 Å². The van der Waals surface area contributed by atoms with Gasteiger partial charge in [-0.25, -0.2) is 4.98 Å². The maximum absolute atomic E-state index is 13.0. The van der Waals surface area contributed by atoms with E-state index in [1.165, 1.54) is 17.6 Å². The van der Waals surface area contributed by atoms with E-state index in [1.54, 1.807) is 56.3 Å². The van der Waals surface area contributed by atoms with Crippen molar-refractivity contribution in [2.24, 2.45) is 0 Å². The van der Waals surface area contributed by atoms with E-state index in [2.05, 4.69) is 20.6 Å². The first-order valence-electron chi connectivity index (χ1n) is 10.7. The summed E-state index contributed by atoms with van der Waals surface area (Å²) >= 11 is 1.38. The number of carbonyl (C=O) groups excluding carboxylic acids is 1. The van der Waals surface area contributed by atoms with Crippen molar-refractivity contribution in [3.63, 3.8) is 0 Å². The molecule has 0 aliphatic carbocycles. The van der Waals surface area contributed by atoms with Crippen molar-refractivity contribution in [1.29, 1.82) is 5.41 Å². The Balaban J connectivity index is 1.62. The van der Waals surface area contributed by atoms with E-state index >= 15 is 0 Å². The topological polar surface area (TPSA) is 124 Å². The highest BCUT2D eigenvalue weighted by Gasteiger charge is 2.18. The Morgan fingerprint density at radius 1 is 1.21 bits per heavy atom. The molecule has 0 aliphatic heterocycles. The number of amides is 1. The number of pyridine rings is 1. The lowest BCUT2D eigenvalue weighted by Crippen LogP contribution is -2.23. The van der Waals surface area contributed by atoms with Gasteiger partial charge < -0.3 is 25.6 Å². The molecule has 8 nitrogen and oxygen atoms in total. The van der Waals surface area contributed by atoms with Gasteiger partial charge in [0.15, 0.2) is 0 Å². The van der Waals surface area contributed by atoms with Crippen molar-refractivity contribution < 1.29 is 14.3 Å². The lowest BCUT2D eigenvalue weighted by atomic mass is 10.0. The quantitative estimate of drug-likeness (QED) is 0.244. The minimum absolute atomic E-state index is 0.304. The average Bonchev–Trinajstić information content (AvgIpc) is 3.52. The maximum Gasteiger partial charge on any atom is 0.275 e. The average molecular weight is 476 g/mol. The van der Waals surface area contributed by atoms with E-state index in [4.69, 9.17) is 9.83 Å². The van der Waals surface area contributed by atoms with Gasteiger partial charge in [0, 0.05) is 64.2 Å². The summed E-state index contributed by atoms with van der Waals surface area (Å²) in [6.07, 6.45) is 8.29. The number of anilines is 2. The molecule has 0 bridgehead atoms. The highest BCUT2D eigenvalue weighted by atomic mass is 32.1. The number of hydrogen-bond donors (Lipinski definition) is 4. The van der Waals surface area contributed by atoms with Crippen LogP contribution in [0.4, 0.5) is 11.4 Å². The van der Waals surface area contributed by atoms with Gasteiger partial charge in [0.2, 0.25) is 0 Å². The number of aromatic nitrogens is 2. The van der Waals surface area contributed by atoms with Crippen LogP contribution in [-0.4, -0.2) is 39.3 Å². The summed E-state index contributed by atoms with van der Waals surface area (Å²) in [7, 11) is 0. The Kier molecular flexibility index (Phi) is 6.85. The molecule has 174 valence electrons. The zero-order valence-corrected chi connectivity index (χ0v) is 19.6. The van der Waals surface area contributed by atoms with E-state index in [1.807, 2.05) is 18.2 Å². The van der Waals surface area contributed by atoms with Gasteiger partial charge in [-0.1, -0.05) is 0 Å². The zero-order valence-electron chi connectivity index (χ0n) is 18.8. The van der Waals surface area contributed by atoms with Crippen molar-refractivity contribution in [2.75, 3.05) is 17.2 Å². The van der Waals surface area contributed by atoms with E-state index in [-0.39, 0.29) is 5.91 Å². The third-order valence-corrected chi connectivity index (χ3v) is 6.03. The minimum Gasteiger partial charge on any atom is -0.472 e. The molecule has 4 aromatic rings. The smallest absolute Gasteiger partial charge is 0.275 e. The summed E-state index contributed by atoms with van der Waals surface area (Å²) in [4.78, 5) is 21.5. The van der Waals surface area contributed by atoms with E-state index in [0.717, 1.165) is 27.4 Å². The number of nitrogens with zero attached hydrogens (tertiary/aromatic N) is 2. The third-order valence-electron chi connectivity index (χ3n) is 5.14. The van der Waals surface area contributed by atoms with Crippen LogP contribution in [-0.2, 0) is 0 Å². The van der Waals surface area contributed by atoms with Crippen molar-refractivity contribution in [1.82, 2.24) is 9.97 Å². The molecule has 0 unspecified atom stereocenters. The summed E-state index contributed by atoms with van der Waals surface area (Å²) in [6.45, 7) is 4.03. The standard InChI is InChI=1S/C25H25N5O3S/c1-25(2,32)6-9-28-20-12-19(17-5-10-33-14-17)21(11-18(20)13-26)29-23(31)22-15-34-24(30-22)16-3-7-27-8-4-16/h3-5,7-8,10-15,26,28,32H,6,9H2,1-2H3,(H,29,31). The van der Waals surface area contributed by atoms with Gasteiger partial charge in [-0.05, 0) is 50.6 Å². The fourth-order valence-electron chi connectivity index (χ4n) is 3.34. The Hall–Kier alpha value is -3.82. The van der Waals surface area contributed by atoms with Gasteiger partial charge in [0.05, 0.1) is 18.1 Å². The van der Waals surface area contributed by atoms with Crippen LogP contribution in [0.1, 0.15) is 36.3 Å². The predicted molar refractivity (Wildman–Crippen MR) is 135 cm³/mol. The molecule has 1 aromatic carbocycles. The molecular formula is C25H25N5O3S. The van der Waals surface area contributed by atoms with E-state index < -0.39 is 5.60 Å². The van der Waals surface area contributed by atoms with Crippen LogP contribution in [0.15, 0.2) is 65.0 Å². The lowest BCUT2D eigenvalue weighted by Gasteiger charge is -2.19. The van der Waals surface area contributed by atoms with Gasteiger partial charge >= 0.3 is 0 Å². The third kappa shape index (κ3) is 5.56. The largest absolute Gasteiger partial charge is 0.472 e. The molecule has 0 saturated carbocycles. The second-order valence-electron chi connectivity index (χ2n) is 8.36. The van der Waals surface area contributed by atoms with Gasteiger partial charge in [0.25, 0.3) is 5.91 Å². The molecule has 0 atom stereocenters. The molecular weight excluding hydrogens is 450 g/mol. The first-order valence-corrected chi connectivity index (χ1v) is 11.6. The SMILES string of the molecule is CC(C)(O)CCNc1cc(-c2ccoc2)c(NC(=O)c2csc(-c3ccncc3)n2)cc1C=N. The number of rotatable bonds is 9. The number of nitrogens with one attached hydrogen (secondary N) is 3. The van der Waals surface area contributed by atoms with Crippen LogP contribution in [0.2, 0.25) is 0 Å². The first kappa shape index (κ1) is 23.3. The molecule has 0 spiro atoms. The van der Waals surface area contributed by atoms with Crippen molar-refractivity contribution in [3.05, 3.63) is 71.9 Å². The van der Waals surface area contributed by atoms with Crippen molar-refractivity contribution in [2.45, 2.75) is 25.9 Å². The molecule has 0 radical (unpaired) electrons. The number of carbonyl (C=O) groups is 1. The zero-order chi connectivity index (χ0) is 24.1. The molecule has 9 heteroatoms. The highest BCUT2D eigenvalue weighted by molar-refractivity contribution is 7.13. The van der Waals surface area contributed by atoms with Gasteiger partial charge in [0.1, 0.15) is 10.7 Å². The fourth-order valence-corrected chi connectivity index (χ4v) is 4.15. The van der Waals surface area contributed by atoms with Crippen LogP contribution in [0.5, 0.6) is 0 Å². The second-order valence-corrected chi connectivity index (χ2v) is 9.22. The van der Waals surface area contributed by atoms with Crippen LogP contribution in [0.25, 0.3) is 21.7 Å². The van der Waals surface area contributed by atoms with Crippen LogP contribution < -0.4 is 10.6 Å². The minimum atomic E-state index is -0.804. The molecule has 3 heterocycles. The summed E-state index contributed by atoms with van der Waals surface area (Å²) in [5.41, 5.74) is 3.79. The fraction of sp³-hybridized carbons (Fsp3) is 0.200. The summed E-state index contributed by atoms with van der Waals surface area (Å²) < 4.78 is 5.26. The summed E-state index contributed by atoms with van der Waals surface area (Å²) in [6, 6.07) is 9.11. The number of thiazole rings is 1. The van der Waals surface area contributed by atoms with Crippen LogP contribution in [0.3, 0.4) is 0 Å². The molecule has 1 amide bonds. The Morgan fingerprint density at radius 3 is 2.68 bits per heavy atom. The Labute approximate surface area is 201 Å². The van der Waals surface area contributed by atoms with Crippen LogP contribution >= 0.6 is 11.3 Å². The Morgan fingerprint density at radius 2 is 2.00 bits per heavy atom. The predicted octanol–water partition coefficient (Wildman–Crippen LogP) is 5.29. The molecule has 34 heavy (non-hydrogen) atoms. The molecule has 4 N–H and O–H groups in total. The van der Waals surface area contributed by atoms with Gasteiger partial charge in [-0.15, -0.1) is 11.3 Å². The molecule has 0 saturated heterocycles. The summed E-state index contributed by atoms with van der Waals surface area (Å²) in [5, 5.41) is 26.5. The molecule has 3 aromatic heterocycles. The van der Waals surface area contributed by atoms with Crippen LogP contribution in [0, 0.1) is 5.41 Å². The van der Waals surface area contributed by atoms with Crippen molar-refractivity contribution >= 4 is 34.8 Å². The van der Waals surface area contributed by atoms with Gasteiger partial charge in [-0.3, -0.25) is 9.78 Å². The van der Waals surface area contributed by atoms with Crippen molar-refractivity contribution in [3.8, 4) is 21.7 Å². The summed E-state index contributed by atoms with van der Waals surface area (Å²) in [5.74, 6) is -0.347. The number of aliphatic hydroxyl groups is 1. The van der Waals surface area contributed by atoms with E-state index in [9.17, 15) is 9.90 Å². The number of furan rings is 1. The molecule has 4 rings (SSSR count). The number of benzene rings is 1. The normalized spacial score (nSPS) is 11.3. The number of hydrogen-bond acceptors (Lipinski definition) is 8. The monoisotopic (exact) mass is 475 g/mol. The lowest BCUT2D eigenvalue weighted by molar-refractivity contribution is 0.0748. The van der Waals surface area contributed by atoms with E-state index in [0.29, 0.717) is 29.9 Å². The highest BCUT2D eigenvalue weighted by Crippen LogP contribution is 2.34. The Bertz CT molecular complexity index is 1280. The molecule has 0 fully saturated rings. The molecule has 0 aliphatic rings. The first-order chi connectivity index (χ1) is 16.3. The maximum atomic E-state index is 13.0. The second kappa shape index (κ2) is 9.98.